The van der Waals surface area contributed by atoms with E-state index in [1.54, 1.807) is 0 Å². The second-order valence-electron chi connectivity index (χ2n) is 6.14. The van der Waals surface area contributed by atoms with Crippen LogP contribution in [0, 0.1) is 0 Å². The number of likely N-dealkylation sites (tertiary alicyclic amines) is 1. The Morgan fingerprint density at radius 1 is 1.23 bits per heavy atom. The lowest BCUT2D eigenvalue weighted by Crippen LogP contribution is -2.43. The van der Waals surface area contributed by atoms with E-state index in [1.165, 1.54) is 36.5 Å². The predicted molar refractivity (Wildman–Crippen MR) is 93.2 cm³/mol. The van der Waals surface area contributed by atoms with Gasteiger partial charge < -0.3 is 4.90 Å². The Morgan fingerprint density at radius 3 is 2.77 bits per heavy atom. The Bertz CT molecular complexity index is 533. The molecule has 1 aliphatic heterocycles. The molecule has 0 atom stereocenters. The SMILES string of the molecule is CN(Cc1cccs1)C1CCN(CCc2ccccn2)CC1. The minimum Gasteiger partial charge on any atom is -0.303 e. The number of rotatable bonds is 6. The van der Waals surface area contributed by atoms with Gasteiger partial charge in [-0.3, -0.25) is 9.88 Å². The minimum absolute atomic E-state index is 0.730. The number of piperidine rings is 1. The normalized spacial score (nSPS) is 17.2. The summed E-state index contributed by atoms with van der Waals surface area (Å²) in [7, 11) is 2.27. The Kier molecular flexibility index (Phi) is 5.59. The first-order chi connectivity index (χ1) is 10.8. The van der Waals surface area contributed by atoms with Crippen molar-refractivity contribution >= 4 is 11.3 Å². The van der Waals surface area contributed by atoms with Gasteiger partial charge in [-0.2, -0.15) is 0 Å². The first-order valence-electron chi connectivity index (χ1n) is 8.16. The minimum atomic E-state index is 0.730. The van der Waals surface area contributed by atoms with Gasteiger partial charge in [0, 0.05) is 42.3 Å². The van der Waals surface area contributed by atoms with Crippen molar-refractivity contribution in [3.05, 3.63) is 52.5 Å². The molecule has 3 nitrogen and oxygen atoms in total. The molecular formula is C18H25N3S. The standard InChI is InChI=1S/C18H25N3S/c1-20(15-18-6-4-14-22-18)17-8-12-21(13-9-17)11-7-16-5-2-3-10-19-16/h2-6,10,14,17H,7-9,11-13,15H2,1H3. The number of hydrogen-bond acceptors (Lipinski definition) is 4. The Balaban J connectivity index is 1.40. The zero-order valence-electron chi connectivity index (χ0n) is 13.3. The molecule has 1 aliphatic rings. The highest BCUT2D eigenvalue weighted by atomic mass is 32.1. The first-order valence-corrected chi connectivity index (χ1v) is 9.04. The van der Waals surface area contributed by atoms with E-state index in [2.05, 4.69) is 51.5 Å². The highest BCUT2D eigenvalue weighted by molar-refractivity contribution is 7.09. The summed E-state index contributed by atoms with van der Waals surface area (Å²) < 4.78 is 0. The van der Waals surface area contributed by atoms with Crippen LogP contribution in [0.1, 0.15) is 23.4 Å². The number of hydrogen-bond donors (Lipinski definition) is 0. The summed E-state index contributed by atoms with van der Waals surface area (Å²) in [5.41, 5.74) is 1.21. The molecule has 22 heavy (non-hydrogen) atoms. The van der Waals surface area contributed by atoms with Crippen molar-refractivity contribution in [3.63, 3.8) is 0 Å². The molecule has 0 bridgehead atoms. The van der Waals surface area contributed by atoms with Crippen LogP contribution in [0.4, 0.5) is 0 Å². The average Bonchev–Trinajstić information content (AvgIpc) is 3.07. The van der Waals surface area contributed by atoms with Crippen LogP contribution in [-0.4, -0.2) is 47.5 Å². The molecule has 4 heteroatoms. The maximum Gasteiger partial charge on any atom is 0.0416 e. The van der Waals surface area contributed by atoms with Crippen molar-refractivity contribution in [1.82, 2.24) is 14.8 Å². The van der Waals surface area contributed by atoms with Crippen LogP contribution in [0.25, 0.3) is 0 Å². The molecule has 0 saturated carbocycles. The highest BCUT2D eigenvalue weighted by Crippen LogP contribution is 2.19. The van der Waals surface area contributed by atoms with Crippen LogP contribution >= 0.6 is 11.3 Å². The van der Waals surface area contributed by atoms with Crippen LogP contribution in [0.15, 0.2) is 41.9 Å². The van der Waals surface area contributed by atoms with Crippen molar-refractivity contribution < 1.29 is 0 Å². The fourth-order valence-electron chi connectivity index (χ4n) is 3.18. The quantitative estimate of drug-likeness (QED) is 0.815. The lowest BCUT2D eigenvalue weighted by atomic mass is 10.0. The van der Waals surface area contributed by atoms with Crippen molar-refractivity contribution in [1.29, 1.82) is 0 Å². The Labute approximate surface area is 137 Å². The van der Waals surface area contributed by atoms with Gasteiger partial charge in [0.2, 0.25) is 0 Å². The van der Waals surface area contributed by atoms with Crippen molar-refractivity contribution in [2.75, 3.05) is 26.7 Å². The maximum atomic E-state index is 4.41. The molecule has 0 unspecified atom stereocenters. The fourth-order valence-corrected chi connectivity index (χ4v) is 3.95. The summed E-state index contributed by atoms with van der Waals surface area (Å²) in [5.74, 6) is 0. The van der Waals surface area contributed by atoms with Gasteiger partial charge in [-0.25, -0.2) is 0 Å². The summed E-state index contributed by atoms with van der Waals surface area (Å²) in [6.07, 6.45) is 5.52. The van der Waals surface area contributed by atoms with Crippen LogP contribution in [0.2, 0.25) is 0 Å². The highest BCUT2D eigenvalue weighted by Gasteiger charge is 2.22. The van der Waals surface area contributed by atoms with Crippen LogP contribution in [0.3, 0.4) is 0 Å². The molecule has 0 amide bonds. The molecule has 0 aromatic carbocycles. The molecule has 3 rings (SSSR count). The molecule has 0 spiro atoms. The molecular weight excluding hydrogens is 290 g/mol. The van der Waals surface area contributed by atoms with Crippen molar-refractivity contribution in [2.24, 2.45) is 0 Å². The van der Waals surface area contributed by atoms with E-state index in [0.717, 1.165) is 25.6 Å². The number of thiophene rings is 1. The third-order valence-electron chi connectivity index (χ3n) is 4.58. The van der Waals surface area contributed by atoms with Gasteiger partial charge in [0.1, 0.15) is 0 Å². The van der Waals surface area contributed by atoms with E-state index in [9.17, 15) is 0 Å². The lowest BCUT2D eigenvalue weighted by molar-refractivity contribution is 0.124. The zero-order chi connectivity index (χ0) is 15.2. The van der Waals surface area contributed by atoms with E-state index < -0.39 is 0 Å². The van der Waals surface area contributed by atoms with Gasteiger partial charge in [0.15, 0.2) is 0 Å². The van der Waals surface area contributed by atoms with Gasteiger partial charge in [-0.15, -0.1) is 11.3 Å². The maximum absolute atomic E-state index is 4.41. The van der Waals surface area contributed by atoms with E-state index in [-0.39, 0.29) is 0 Å². The smallest absolute Gasteiger partial charge is 0.0416 e. The lowest BCUT2D eigenvalue weighted by Gasteiger charge is -2.36. The van der Waals surface area contributed by atoms with Gasteiger partial charge in [-0.05, 0) is 56.6 Å². The molecule has 3 heterocycles. The third kappa shape index (κ3) is 4.38. The Morgan fingerprint density at radius 2 is 2.09 bits per heavy atom. The number of aromatic nitrogens is 1. The largest absolute Gasteiger partial charge is 0.303 e. The van der Waals surface area contributed by atoms with Gasteiger partial charge in [-0.1, -0.05) is 12.1 Å². The zero-order valence-corrected chi connectivity index (χ0v) is 14.1. The topological polar surface area (TPSA) is 19.4 Å². The van der Waals surface area contributed by atoms with Crippen molar-refractivity contribution in [2.45, 2.75) is 31.8 Å². The van der Waals surface area contributed by atoms with E-state index in [4.69, 9.17) is 0 Å². The fraction of sp³-hybridized carbons (Fsp3) is 0.500. The van der Waals surface area contributed by atoms with Crippen LogP contribution in [0.5, 0.6) is 0 Å². The summed E-state index contributed by atoms with van der Waals surface area (Å²) in [5, 5.41) is 2.17. The van der Waals surface area contributed by atoms with E-state index in [0.29, 0.717) is 0 Å². The molecule has 1 saturated heterocycles. The number of nitrogens with zero attached hydrogens (tertiary/aromatic N) is 3. The summed E-state index contributed by atoms with van der Waals surface area (Å²) in [6.45, 7) is 4.66. The second kappa shape index (κ2) is 7.86. The third-order valence-corrected chi connectivity index (χ3v) is 5.44. The van der Waals surface area contributed by atoms with Gasteiger partial charge in [0.05, 0.1) is 0 Å². The summed E-state index contributed by atoms with van der Waals surface area (Å²) in [6, 6.07) is 11.3. The van der Waals surface area contributed by atoms with Gasteiger partial charge >= 0.3 is 0 Å². The van der Waals surface area contributed by atoms with Gasteiger partial charge in [0.25, 0.3) is 0 Å². The molecule has 2 aromatic rings. The van der Waals surface area contributed by atoms with Crippen molar-refractivity contribution in [3.8, 4) is 0 Å². The molecule has 118 valence electrons. The molecule has 0 radical (unpaired) electrons. The average molecular weight is 315 g/mol. The molecule has 2 aromatic heterocycles. The monoisotopic (exact) mass is 315 g/mol. The predicted octanol–water partition coefficient (Wildman–Crippen LogP) is 3.28. The molecule has 0 aliphatic carbocycles. The van der Waals surface area contributed by atoms with E-state index >= 15 is 0 Å². The summed E-state index contributed by atoms with van der Waals surface area (Å²) >= 11 is 1.86. The first kappa shape index (κ1) is 15.7. The van der Waals surface area contributed by atoms with E-state index in [1.807, 2.05) is 23.6 Å². The second-order valence-corrected chi connectivity index (χ2v) is 7.17. The Hall–Kier alpha value is -1.23. The van der Waals surface area contributed by atoms with Crippen LogP contribution < -0.4 is 0 Å². The molecule has 0 N–H and O–H groups in total. The summed E-state index contributed by atoms with van der Waals surface area (Å²) in [4.78, 5) is 11.0. The van der Waals surface area contributed by atoms with Crippen LogP contribution in [-0.2, 0) is 13.0 Å². The number of pyridine rings is 1. The molecule has 1 fully saturated rings.